The maximum Gasteiger partial charge on any atom is 0.301 e. The van der Waals surface area contributed by atoms with Crippen LogP contribution in [0.2, 0.25) is 0 Å². The van der Waals surface area contributed by atoms with Crippen molar-refractivity contribution in [3.63, 3.8) is 0 Å². The first-order valence-corrected chi connectivity index (χ1v) is 6.29. The molecule has 4 nitrogen and oxygen atoms in total. The molecule has 1 aliphatic rings. The van der Waals surface area contributed by atoms with Crippen LogP contribution in [0.1, 0.15) is 11.1 Å². The van der Waals surface area contributed by atoms with Gasteiger partial charge in [-0.15, -0.1) is 0 Å². The lowest BCUT2D eigenvalue weighted by molar-refractivity contribution is 0.584. The van der Waals surface area contributed by atoms with E-state index < -0.39 is 10.2 Å². The third-order valence-electron chi connectivity index (χ3n) is 2.64. The summed E-state index contributed by atoms with van der Waals surface area (Å²) in [5.41, 5.74) is 3.07. The van der Waals surface area contributed by atoms with Crippen molar-refractivity contribution in [1.29, 1.82) is 0 Å². The van der Waals surface area contributed by atoms with Gasteiger partial charge < -0.3 is 0 Å². The summed E-state index contributed by atoms with van der Waals surface area (Å²) in [5.74, 6) is 0. The molecule has 1 aromatic carbocycles. The zero-order valence-electron chi connectivity index (χ0n) is 8.82. The van der Waals surface area contributed by atoms with Crippen LogP contribution in [0, 0.1) is 6.92 Å². The summed E-state index contributed by atoms with van der Waals surface area (Å²) in [4.78, 5) is 0. The summed E-state index contributed by atoms with van der Waals surface area (Å²) in [6.45, 7) is 2.54. The van der Waals surface area contributed by atoms with Crippen molar-refractivity contribution >= 4 is 15.9 Å². The van der Waals surface area contributed by atoms with Crippen LogP contribution in [0.4, 0.5) is 5.69 Å². The zero-order valence-corrected chi connectivity index (χ0v) is 9.63. The molecule has 1 aliphatic heterocycles. The third-order valence-corrected chi connectivity index (χ3v) is 4.11. The Balaban J connectivity index is 2.46. The molecule has 0 saturated heterocycles. The second-order valence-corrected chi connectivity index (χ2v) is 5.46. The van der Waals surface area contributed by atoms with Crippen molar-refractivity contribution in [3.05, 3.63) is 29.3 Å². The average molecular weight is 226 g/mol. The number of hydrogen-bond acceptors (Lipinski definition) is 2. The van der Waals surface area contributed by atoms with Gasteiger partial charge in [0, 0.05) is 13.6 Å². The summed E-state index contributed by atoms with van der Waals surface area (Å²) in [5, 5.41) is 0. The highest BCUT2D eigenvalue weighted by Crippen LogP contribution is 2.30. The number of benzene rings is 1. The number of anilines is 1. The van der Waals surface area contributed by atoms with E-state index in [1.165, 1.54) is 11.4 Å². The molecular weight excluding hydrogens is 212 g/mol. The quantitative estimate of drug-likeness (QED) is 0.811. The lowest BCUT2D eigenvalue weighted by Crippen LogP contribution is -2.37. The molecule has 1 N–H and O–H groups in total. The van der Waals surface area contributed by atoms with Crippen LogP contribution in [-0.2, 0) is 16.6 Å². The van der Waals surface area contributed by atoms with E-state index in [1.807, 2.05) is 25.1 Å². The summed E-state index contributed by atoms with van der Waals surface area (Å²) >= 11 is 0. The molecule has 0 saturated carbocycles. The molecule has 0 aromatic heterocycles. The van der Waals surface area contributed by atoms with Crippen molar-refractivity contribution in [2.75, 3.05) is 17.9 Å². The van der Waals surface area contributed by atoms with Crippen LogP contribution in [-0.4, -0.2) is 22.0 Å². The highest BCUT2D eigenvalue weighted by Gasteiger charge is 2.27. The molecule has 0 bridgehead atoms. The monoisotopic (exact) mass is 226 g/mol. The predicted octanol–water partition coefficient (Wildman–Crippen LogP) is 0.822. The Kier molecular flexibility index (Phi) is 2.44. The Morgan fingerprint density at radius 2 is 2.13 bits per heavy atom. The molecule has 0 atom stereocenters. The van der Waals surface area contributed by atoms with Crippen molar-refractivity contribution in [3.8, 4) is 0 Å². The molecule has 0 spiro atoms. The lowest BCUT2D eigenvalue weighted by atomic mass is 10.1. The Labute approximate surface area is 90.1 Å². The fourth-order valence-electron chi connectivity index (χ4n) is 1.86. The van der Waals surface area contributed by atoms with Crippen LogP contribution < -0.4 is 9.03 Å². The van der Waals surface area contributed by atoms with Gasteiger partial charge >= 0.3 is 10.2 Å². The second-order valence-electron chi connectivity index (χ2n) is 3.66. The molecule has 1 heterocycles. The molecular formula is C10H14N2O2S. The van der Waals surface area contributed by atoms with E-state index in [4.69, 9.17) is 0 Å². The van der Waals surface area contributed by atoms with Crippen LogP contribution in [0.15, 0.2) is 18.2 Å². The molecule has 0 aliphatic carbocycles. The molecule has 5 heteroatoms. The Morgan fingerprint density at radius 1 is 1.40 bits per heavy atom. The fraction of sp³-hybridized carbons (Fsp3) is 0.400. The van der Waals surface area contributed by atoms with Crippen molar-refractivity contribution in [1.82, 2.24) is 4.72 Å². The summed E-state index contributed by atoms with van der Waals surface area (Å²) in [6.07, 6.45) is 0.790. The van der Waals surface area contributed by atoms with E-state index in [0.29, 0.717) is 6.54 Å². The summed E-state index contributed by atoms with van der Waals surface area (Å²) < 4.78 is 27.1. The number of nitrogens with one attached hydrogen (secondary N) is 1. The van der Waals surface area contributed by atoms with Crippen molar-refractivity contribution in [2.45, 2.75) is 13.3 Å². The van der Waals surface area contributed by atoms with Gasteiger partial charge in [-0.3, -0.25) is 4.31 Å². The van der Waals surface area contributed by atoms with Gasteiger partial charge in [0.25, 0.3) is 0 Å². The number of nitrogens with zero attached hydrogens (tertiary/aromatic N) is 1. The van der Waals surface area contributed by atoms with Crippen molar-refractivity contribution < 1.29 is 8.42 Å². The maximum atomic E-state index is 11.7. The minimum Gasteiger partial charge on any atom is -0.257 e. The SMILES string of the molecule is CNS(=O)(=O)N1CCc2cc(C)ccc21. The van der Waals surface area contributed by atoms with Gasteiger partial charge in [0.15, 0.2) is 0 Å². The number of hydrogen-bond donors (Lipinski definition) is 1. The van der Waals surface area contributed by atoms with Crippen LogP contribution in [0.25, 0.3) is 0 Å². The number of aryl methyl sites for hydroxylation is 1. The lowest BCUT2D eigenvalue weighted by Gasteiger charge is -2.18. The first-order valence-electron chi connectivity index (χ1n) is 4.85. The molecule has 0 fully saturated rings. The van der Waals surface area contributed by atoms with Gasteiger partial charge in [0.1, 0.15) is 0 Å². The van der Waals surface area contributed by atoms with Crippen LogP contribution >= 0.6 is 0 Å². The van der Waals surface area contributed by atoms with Gasteiger partial charge in [-0.25, -0.2) is 4.72 Å². The van der Waals surface area contributed by atoms with Gasteiger partial charge in [0.05, 0.1) is 5.69 Å². The fourth-order valence-corrected chi connectivity index (χ4v) is 2.85. The van der Waals surface area contributed by atoms with Gasteiger partial charge in [-0.1, -0.05) is 17.7 Å². The van der Waals surface area contributed by atoms with Crippen molar-refractivity contribution in [2.24, 2.45) is 0 Å². The zero-order chi connectivity index (χ0) is 11.1. The Hall–Kier alpha value is -1.07. The van der Waals surface area contributed by atoms with Gasteiger partial charge in [0.2, 0.25) is 0 Å². The second kappa shape index (κ2) is 3.50. The predicted molar refractivity (Wildman–Crippen MR) is 60.2 cm³/mol. The van der Waals surface area contributed by atoms with Crippen LogP contribution in [0.5, 0.6) is 0 Å². The topological polar surface area (TPSA) is 49.4 Å². The number of fused-ring (bicyclic) bond motifs is 1. The molecule has 1 aromatic rings. The molecule has 0 radical (unpaired) electrons. The van der Waals surface area contributed by atoms with Crippen LogP contribution in [0.3, 0.4) is 0 Å². The smallest absolute Gasteiger partial charge is 0.257 e. The molecule has 2 rings (SSSR count). The molecule has 0 amide bonds. The Bertz CT molecular complexity index is 482. The third kappa shape index (κ3) is 1.72. The summed E-state index contributed by atoms with van der Waals surface area (Å²) in [7, 11) is -1.91. The minimum absolute atomic E-state index is 0.530. The van der Waals surface area contributed by atoms with E-state index in [9.17, 15) is 8.42 Å². The summed E-state index contributed by atoms with van der Waals surface area (Å²) in [6, 6.07) is 5.84. The Morgan fingerprint density at radius 3 is 2.80 bits per heavy atom. The maximum absolute atomic E-state index is 11.7. The van der Waals surface area contributed by atoms with Gasteiger partial charge in [-0.05, 0) is 25.0 Å². The first-order chi connectivity index (χ1) is 7.04. The molecule has 0 unspecified atom stereocenters. The van der Waals surface area contributed by atoms with E-state index in [1.54, 1.807) is 0 Å². The standard InChI is InChI=1S/C10H14N2O2S/c1-8-3-4-10-9(7-8)5-6-12(10)15(13,14)11-2/h3-4,7,11H,5-6H2,1-2H3. The van der Waals surface area contributed by atoms with Gasteiger partial charge in [-0.2, -0.15) is 8.42 Å². The van der Waals surface area contributed by atoms with E-state index in [0.717, 1.165) is 23.2 Å². The minimum atomic E-state index is -3.34. The first kappa shape index (κ1) is 10.4. The number of rotatable bonds is 2. The molecule has 82 valence electrons. The normalized spacial score (nSPS) is 15.5. The van der Waals surface area contributed by atoms with E-state index in [-0.39, 0.29) is 0 Å². The largest absolute Gasteiger partial charge is 0.301 e. The highest BCUT2D eigenvalue weighted by molar-refractivity contribution is 7.90. The highest BCUT2D eigenvalue weighted by atomic mass is 32.2. The molecule has 15 heavy (non-hydrogen) atoms. The average Bonchev–Trinajstić information content (AvgIpc) is 2.61. The van der Waals surface area contributed by atoms with E-state index >= 15 is 0 Å². The van der Waals surface area contributed by atoms with E-state index in [2.05, 4.69) is 4.72 Å².